The summed E-state index contributed by atoms with van der Waals surface area (Å²) >= 11 is 9.91. The van der Waals surface area contributed by atoms with Crippen LogP contribution in [-0.2, 0) is 10.3 Å². The number of nitrogens with zero attached hydrogens (tertiary/aromatic N) is 1. The number of benzene rings is 3. The van der Waals surface area contributed by atoms with Crippen molar-refractivity contribution < 1.29 is 17.8 Å². The molecule has 1 amide bonds. The van der Waals surface area contributed by atoms with Crippen LogP contribution in [0.1, 0.15) is 10.4 Å². The maximum absolute atomic E-state index is 12.9. The SMILES string of the molecule is O=C(Nc1ccc(Br)cc1)c1cc(Br)ccc1N(c1ccc(Br)cc1)S(=O)(=O)O. The van der Waals surface area contributed by atoms with Gasteiger partial charge in [-0.3, -0.25) is 9.35 Å². The molecule has 0 aromatic heterocycles. The molecule has 3 rings (SSSR count). The van der Waals surface area contributed by atoms with Crippen LogP contribution in [0, 0.1) is 0 Å². The first kappa shape index (κ1) is 22.0. The molecule has 0 aliphatic heterocycles. The molecule has 0 radical (unpaired) electrons. The number of hydrogen-bond donors (Lipinski definition) is 2. The molecule has 0 unspecified atom stereocenters. The van der Waals surface area contributed by atoms with Gasteiger partial charge in [0.15, 0.2) is 0 Å². The molecule has 0 saturated heterocycles. The number of carbonyl (C=O) groups is 1. The lowest BCUT2D eigenvalue weighted by atomic mass is 10.1. The maximum Gasteiger partial charge on any atom is 0.364 e. The molecule has 0 fully saturated rings. The van der Waals surface area contributed by atoms with Gasteiger partial charge in [-0.2, -0.15) is 8.42 Å². The number of anilines is 3. The first-order valence-corrected chi connectivity index (χ1v) is 11.8. The second-order valence-electron chi connectivity index (χ2n) is 5.84. The third-order valence-corrected chi connectivity index (χ3v) is 6.24. The zero-order valence-corrected chi connectivity index (χ0v) is 20.1. The number of carbonyl (C=O) groups excluding carboxylic acids is 1. The first-order valence-electron chi connectivity index (χ1n) is 8.05. The monoisotopic (exact) mass is 602 g/mol. The molecule has 2 N–H and O–H groups in total. The first-order chi connectivity index (χ1) is 13.6. The zero-order chi connectivity index (χ0) is 21.2. The standard InChI is InChI=1S/C19H13Br3N2O4S/c20-12-1-6-15(7-2-12)23-19(25)17-11-14(22)5-10-18(17)24(29(26,27)28)16-8-3-13(21)4-9-16/h1-11H,(H,23,25)(H,26,27,28). The lowest BCUT2D eigenvalue weighted by molar-refractivity contribution is 0.102. The minimum atomic E-state index is -4.71. The second-order valence-corrected chi connectivity index (χ2v) is 9.85. The molecule has 3 aromatic rings. The lowest BCUT2D eigenvalue weighted by Crippen LogP contribution is -2.28. The van der Waals surface area contributed by atoms with Crippen molar-refractivity contribution >= 4 is 81.1 Å². The molecule has 0 spiro atoms. The van der Waals surface area contributed by atoms with Crippen LogP contribution in [0.3, 0.4) is 0 Å². The van der Waals surface area contributed by atoms with Gasteiger partial charge in [0.1, 0.15) is 0 Å². The molecule has 6 nitrogen and oxygen atoms in total. The van der Waals surface area contributed by atoms with E-state index >= 15 is 0 Å². The number of hydrogen-bond acceptors (Lipinski definition) is 3. The average molecular weight is 605 g/mol. The summed E-state index contributed by atoms with van der Waals surface area (Å²) in [6.45, 7) is 0. The van der Waals surface area contributed by atoms with Crippen molar-refractivity contribution in [2.24, 2.45) is 0 Å². The third kappa shape index (κ3) is 5.46. The van der Waals surface area contributed by atoms with Crippen LogP contribution in [0.2, 0.25) is 0 Å². The summed E-state index contributed by atoms with van der Waals surface area (Å²) in [5.74, 6) is -0.533. The normalized spacial score (nSPS) is 11.2. The van der Waals surface area contributed by atoms with E-state index in [1.54, 1.807) is 42.5 Å². The summed E-state index contributed by atoms with van der Waals surface area (Å²) in [5.41, 5.74) is 0.775. The van der Waals surface area contributed by atoms with Gasteiger partial charge in [-0.25, -0.2) is 4.31 Å². The number of rotatable bonds is 5. The van der Waals surface area contributed by atoms with Crippen molar-refractivity contribution in [1.29, 1.82) is 0 Å². The summed E-state index contributed by atoms with van der Waals surface area (Å²) in [6.07, 6.45) is 0. The summed E-state index contributed by atoms with van der Waals surface area (Å²) in [7, 11) is -4.71. The van der Waals surface area contributed by atoms with Gasteiger partial charge in [-0.05, 0) is 66.7 Å². The highest BCUT2D eigenvalue weighted by Crippen LogP contribution is 2.34. The minimum Gasteiger partial charge on any atom is -0.322 e. The number of nitrogens with one attached hydrogen (secondary N) is 1. The van der Waals surface area contributed by atoms with E-state index in [9.17, 15) is 17.8 Å². The van der Waals surface area contributed by atoms with Crippen molar-refractivity contribution in [2.75, 3.05) is 9.62 Å². The second kappa shape index (κ2) is 8.97. The Balaban J connectivity index is 2.09. The fourth-order valence-electron chi connectivity index (χ4n) is 2.57. The van der Waals surface area contributed by atoms with E-state index in [4.69, 9.17) is 0 Å². The van der Waals surface area contributed by atoms with Crippen LogP contribution < -0.4 is 9.62 Å². The van der Waals surface area contributed by atoms with Crippen molar-refractivity contribution in [1.82, 2.24) is 0 Å². The van der Waals surface area contributed by atoms with Gasteiger partial charge in [0.25, 0.3) is 5.91 Å². The van der Waals surface area contributed by atoms with Gasteiger partial charge in [-0.15, -0.1) is 0 Å². The summed E-state index contributed by atoms with van der Waals surface area (Å²) < 4.78 is 37.2. The van der Waals surface area contributed by atoms with Crippen molar-refractivity contribution in [3.05, 3.63) is 85.7 Å². The van der Waals surface area contributed by atoms with Gasteiger partial charge >= 0.3 is 10.3 Å². The Morgan fingerprint density at radius 1 is 0.828 bits per heavy atom. The Morgan fingerprint density at radius 3 is 1.90 bits per heavy atom. The van der Waals surface area contributed by atoms with Gasteiger partial charge in [-0.1, -0.05) is 47.8 Å². The molecule has 10 heteroatoms. The molecule has 0 saturated carbocycles. The Labute approximate surface area is 193 Å². The smallest absolute Gasteiger partial charge is 0.322 e. The van der Waals surface area contributed by atoms with E-state index in [1.807, 2.05) is 0 Å². The van der Waals surface area contributed by atoms with Crippen molar-refractivity contribution in [3.63, 3.8) is 0 Å². The van der Waals surface area contributed by atoms with E-state index in [0.29, 0.717) is 14.5 Å². The molecular formula is C19H13Br3N2O4S. The van der Waals surface area contributed by atoms with Gasteiger partial charge in [0.05, 0.1) is 16.9 Å². The van der Waals surface area contributed by atoms with Crippen molar-refractivity contribution in [3.8, 4) is 0 Å². The van der Waals surface area contributed by atoms with Crippen LogP contribution in [0.25, 0.3) is 0 Å². The number of amides is 1. The molecule has 0 aliphatic carbocycles. The Morgan fingerprint density at radius 2 is 1.34 bits per heavy atom. The third-order valence-electron chi connectivity index (χ3n) is 3.82. The quantitative estimate of drug-likeness (QED) is 0.341. The minimum absolute atomic E-state index is 0.00707. The van der Waals surface area contributed by atoms with E-state index in [-0.39, 0.29) is 16.9 Å². The van der Waals surface area contributed by atoms with Gasteiger partial charge in [0.2, 0.25) is 0 Å². The molecule has 150 valence electrons. The number of halogens is 3. The van der Waals surface area contributed by atoms with E-state index in [2.05, 4.69) is 53.1 Å². The molecule has 0 aliphatic rings. The summed E-state index contributed by atoms with van der Waals surface area (Å²) in [6, 6.07) is 17.7. The maximum atomic E-state index is 12.9. The Kier molecular flexibility index (Phi) is 6.79. The highest BCUT2D eigenvalue weighted by molar-refractivity contribution is 9.11. The molecular weight excluding hydrogens is 592 g/mol. The average Bonchev–Trinajstić information content (AvgIpc) is 2.65. The molecule has 0 atom stereocenters. The summed E-state index contributed by atoms with van der Waals surface area (Å²) in [5, 5.41) is 2.73. The molecule has 0 heterocycles. The van der Waals surface area contributed by atoms with Crippen LogP contribution in [0.5, 0.6) is 0 Å². The van der Waals surface area contributed by atoms with Crippen LogP contribution in [0.15, 0.2) is 80.1 Å². The predicted molar refractivity (Wildman–Crippen MR) is 124 cm³/mol. The van der Waals surface area contributed by atoms with E-state index in [0.717, 1.165) is 8.95 Å². The fourth-order valence-corrected chi connectivity index (χ4v) is 4.26. The highest BCUT2D eigenvalue weighted by atomic mass is 79.9. The van der Waals surface area contributed by atoms with Crippen molar-refractivity contribution in [2.45, 2.75) is 0 Å². The Hall–Kier alpha value is -1.72. The van der Waals surface area contributed by atoms with Gasteiger partial charge < -0.3 is 5.32 Å². The van der Waals surface area contributed by atoms with Crippen LogP contribution in [0.4, 0.5) is 17.1 Å². The predicted octanol–water partition coefficient (Wildman–Crippen LogP) is 6.17. The molecule has 29 heavy (non-hydrogen) atoms. The summed E-state index contributed by atoms with van der Waals surface area (Å²) in [4.78, 5) is 12.9. The highest BCUT2D eigenvalue weighted by Gasteiger charge is 2.27. The Bertz CT molecular complexity index is 1150. The van der Waals surface area contributed by atoms with Crippen LogP contribution in [-0.4, -0.2) is 18.9 Å². The zero-order valence-electron chi connectivity index (χ0n) is 14.5. The topological polar surface area (TPSA) is 86.7 Å². The fraction of sp³-hybridized carbons (Fsp3) is 0. The largest absolute Gasteiger partial charge is 0.364 e. The molecule has 3 aromatic carbocycles. The van der Waals surface area contributed by atoms with E-state index in [1.165, 1.54) is 24.3 Å². The van der Waals surface area contributed by atoms with E-state index < -0.39 is 16.2 Å². The lowest BCUT2D eigenvalue weighted by Gasteiger charge is -2.23. The van der Waals surface area contributed by atoms with Gasteiger partial charge in [0, 0.05) is 19.1 Å². The molecule has 0 bridgehead atoms. The van der Waals surface area contributed by atoms with Crippen LogP contribution >= 0.6 is 47.8 Å².